The number of amides is 2. The molecule has 0 saturated carbocycles. The van der Waals surface area contributed by atoms with E-state index >= 15 is 0 Å². The lowest BCUT2D eigenvalue weighted by molar-refractivity contribution is -0.142. The highest BCUT2D eigenvalue weighted by Crippen LogP contribution is 2.27. The van der Waals surface area contributed by atoms with Crippen molar-refractivity contribution < 1.29 is 19.1 Å². The summed E-state index contributed by atoms with van der Waals surface area (Å²) in [6, 6.07) is 5.30. The van der Waals surface area contributed by atoms with Gasteiger partial charge in [0.1, 0.15) is 22.8 Å². The minimum atomic E-state index is -1.03. The van der Waals surface area contributed by atoms with Gasteiger partial charge >= 0.3 is 0 Å². The molecule has 1 aromatic heterocycles. The van der Waals surface area contributed by atoms with E-state index in [1.54, 1.807) is 17.0 Å². The molecule has 2 heterocycles. The van der Waals surface area contributed by atoms with E-state index in [-0.39, 0.29) is 32.1 Å². The Morgan fingerprint density at radius 1 is 1.45 bits per heavy atom. The third-order valence-corrected chi connectivity index (χ3v) is 5.93. The fourth-order valence-electron chi connectivity index (χ4n) is 3.25. The average molecular weight is 439 g/mol. The zero-order valence-electron chi connectivity index (χ0n) is 16.3. The second kappa shape index (κ2) is 9.06. The molecule has 0 spiro atoms. The molecule has 0 bridgehead atoms. The van der Waals surface area contributed by atoms with E-state index in [1.165, 1.54) is 0 Å². The van der Waals surface area contributed by atoms with Crippen LogP contribution >= 0.6 is 23.1 Å². The minimum absolute atomic E-state index is 0.0646. The molecular weight excluding hydrogens is 416 g/mol. The second-order valence-electron chi connectivity index (χ2n) is 7.00. The van der Waals surface area contributed by atoms with Crippen LogP contribution in [0.2, 0.25) is 5.02 Å². The van der Waals surface area contributed by atoms with Gasteiger partial charge in [0.05, 0.1) is 25.3 Å². The van der Waals surface area contributed by atoms with E-state index in [0.717, 1.165) is 17.1 Å². The standard InChI is InChI=1S/C19H23ClN4O4S/c1-3-15-17(29-23-22-15)18(26)24-6-7-28-19(10-24,9-16(21)25)11-27-13-4-5-14(20)12(2)8-13/h4-5,8H,3,6-7,9-11H2,1-2H3,(H2,21,25). The monoisotopic (exact) mass is 438 g/mol. The van der Waals surface area contributed by atoms with Crippen molar-refractivity contribution in [2.45, 2.75) is 32.3 Å². The number of hydrogen-bond acceptors (Lipinski definition) is 7. The summed E-state index contributed by atoms with van der Waals surface area (Å²) in [6.07, 6.45) is 0.554. The van der Waals surface area contributed by atoms with Gasteiger partial charge in [-0.3, -0.25) is 9.59 Å². The quantitative estimate of drug-likeness (QED) is 0.710. The number of aromatic nitrogens is 2. The Balaban J connectivity index is 1.78. The van der Waals surface area contributed by atoms with E-state index < -0.39 is 11.5 Å². The van der Waals surface area contributed by atoms with Crippen molar-refractivity contribution in [2.75, 3.05) is 26.3 Å². The predicted octanol–water partition coefficient (Wildman–Crippen LogP) is 2.23. The fourth-order valence-corrected chi connectivity index (χ4v) is 4.09. The molecule has 1 aliphatic rings. The summed E-state index contributed by atoms with van der Waals surface area (Å²) in [7, 11) is 0. The number of carbonyl (C=O) groups is 2. The first-order chi connectivity index (χ1) is 13.8. The molecule has 2 amide bonds. The van der Waals surface area contributed by atoms with Crippen LogP contribution in [-0.2, 0) is 16.0 Å². The van der Waals surface area contributed by atoms with E-state index in [9.17, 15) is 9.59 Å². The van der Waals surface area contributed by atoms with E-state index in [0.29, 0.717) is 34.3 Å². The molecule has 1 aromatic carbocycles. The molecule has 1 atom stereocenters. The number of halogens is 1. The summed E-state index contributed by atoms with van der Waals surface area (Å²) >= 11 is 7.13. The van der Waals surface area contributed by atoms with Crippen LogP contribution in [-0.4, -0.2) is 58.2 Å². The summed E-state index contributed by atoms with van der Waals surface area (Å²) < 4.78 is 15.7. The molecule has 1 unspecified atom stereocenters. The number of nitrogens with zero attached hydrogens (tertiary/aromatic N) is 3. The van der Waals surface area contributed by atoms with Crippen LogP contribution in [0.25, 0.3) is 0 Å². The maximum absolute atomic E-state index is 13.0. The molecule has 3 rings (SSSR count). The van der Waals surface area contributed by atoms with Gasteiger partial charge in [0.15, 0.2) is 0 Å². The van der Waals surface area contributed by atoms with Gasteiger partial charge in [0.25, 0.3) is 5.91 Å². The van der Waals surface area contributed by atoms with Gasteiger partial charge in [-0.2, -0.15) is 0 Å². The largest absolute Gasteiger partial charge is 0.490 e. The normalized spacial score (nSPS) is 19.2. The topological polar surface area (TPSA) is 108 Å². The summed E-state index contributed by atoms with van der Waals surface area (Å²) in [6.45, 7) is 4.73. The zero-order valence-corrected chi connectivity index (χ0v) is 17.9. The molecule has 0 radical (unpaired) electrons. The van der Waals surface area contributed by atoms with Gasteiger partial charge in [0, 0.05) is 11.6 Å². The molecule has 10 heteroatoms. The number of aryl methyl sites for hydroxylation is 2. The fraction of sp³-hybridized carbons (Fsp3) is 0.474. The SMILES string of the molecule is CCc1nnsc1C(=O)N1CCOC(COc2ccc(Cl)c(C)c2)(CC(N)=O)C1. The maximum atomic E-state index is 13.0. The van der Waals surface area contributed by atoms with E-state index in [2.05, 4.69) is 9.59 Å². The van der Waals surface area contributed by atoms with Crippen LogP contribution in [0.5, 0.6) is 5.75 Å². The molecule has 2 aromatic rings. The molecule has 0 aliphatic carbocycles. The lowest BCUT2D eigenvalue weighted by atomic mass is 9.97. The van der Waals surface area contributed by atoms with Crippen molar-refractivity contribution >= 4 is 34.9 Å². The van der Waals surface area contributed by atoms with E-state index in [1.807, 2.05) is 19.9 Å². The Morgan fingerprint density at radius 2 is 2.24 bits per heavy atom. The third kappa shape index (κ3) is 5.04. The first-order valence-electron chi connectivity index (χ1n) is 9.25. The highest BCUT2D eigenvalue weighted by molar-refractivity contribution is 7.08. The first kappa shape index (κ1) is 21.5. The number of benzene rings is 1. The molecule has 156 valence electrons. The Morgan fingerprint density at radius 3 is 2.93 bits per heavy atom. The lowest BCUT2D eigenvalue weighted by Gasteiger charge is -2.41. The molecular formula is C19H23ClN4O4S. The van der Waals surface area contributed by atoms with Crippen molar-refractivity contribution in [1.29, 1.82) is 0 Å². The minimum Gasteiger partial charge on any atom is -0.490 e. The number of rotatable bonds is 7. The van der Waals surface area contributed by atoms with Crippen molar-refractivity contribution in [3.8, 4) is 5.75 Å². The van der Waals surface area contributed by atoms with Gasteiger partial charge in [0.2, 0.25) is 5.91 Å². The Bertz CT molecular complexity index is 906. The zero-order chi connectivity index (χ0) is 21.0. The lowest BCUT2D eigenvalue weighted by Crippen LogP contribution is -2.58. The molecule has 1 fully saturated rings. The van der Waals surface area contributed by atoms with Crippen LogP contribution in [0.4, 0.5) is 0 Å². The molecule has 8 nitrogen and oxygen atoms in total. The van der Waals surface area contributed by atoms with Gasteiger partial charge in [-0.05, 0) is 48.6 Å². The Hall–Kier alpha value is -2.23. The van der Waals surface area contributed by atoms with Crippen LogP contribution in [0.1, 0.15) is 34.3 Å². The second-order valence-corrected chi connectivity index (χ2v) is 8.16. The summed E-state index contributed by atoms with van der Waals surface area (Å²) in [5.41, 5.74) is 5.98. The average Bonchev–Trinajstić information content (AvgIpc) is 3.17. The van der Waals surface area contributed by atoms with Gasteiger partial charge in [-0.1, -0.05) is 23.0 Å². The number of ether oxygens (including phenoxy) is 2. The van der Waals surface area contributed by atoms with Crippen molar-refractivity contribution in [3.05, 3.63) is 39.4 Å². The highest BCUT2D eigenvalue weighted by Gasteiger charge is 2.41. The van der Waals surface area contributed by atoms with Crippen molar-refractivity contribution in [2.24, 2.45) is 5.73 Å². The first-order valence-corrected chi connectivity index (χ1v) is 10.4. The van der Waals surface area contributed by atoms with Crippen molar-refractivity contribution in [1.82, 2.24) is 14.5 Å². The Kier molecular flexibility index (Phi) is 6.71. The van der Waals surface area contributed by atoms with Gasteiger partial charge in [-0.25, -0.2) is 0 Å². The number of nitrogens with two attached hydrogens (primary N) is 1. The molecule has 1 aliphatic heterocycles. The number of carbonyl (C=O) groups excluding carboxylic acids is 2. The number of primary amides is 1. The molecule has 2 N–H and O–H groups in total. The predicted molar refractivity (Wildman–Crippen MR) is 109 cm³/mol. The molecule has 29 heavy (non-hydrogen) atoms. The van der Waals surface area contributed by atoms with Crippen LogP contribution in [0, 0.1) is 6.92 Å². The highest BCUT2D eigenvalue weighted by atomic mass is 35.5. The van der Waals surface area contributed by atoms with Crippen LogP contribution in [0.15, 0.2) is 18.2 Å². The smallest absolute Gasteiger partial charge is 0.267 e. The number of hydrogen-bond donors (Lipinski definition) is 1. The summed E-state index contributed by atoms with van der Waals surface area (Å²) in [5.74, 6) is -0.0945. The number of morpholine rings is 1. The van der Waals surface area contributed by atoms with Crippen molar-refractivity contribution in [3.63, 3.8) is 0 Å². The van der Waals surface area contributed by atoms with Gasteiger partial charge < -0.3 is 20.1 Å². The molecule has 1 saturated heterocycles. The third-order valence-electron chi connectivity index (χ3n) is 4.75. The van der Waals surface area contributed by atoms with Gasteiger partial charge in [-0.15, -0.1) is 5.10 Å². The maximum Gasteiger partial charge on any atom is 0.267 e. The van der Waals surface area contributed by atoms with Crippen LogP contribution in [0.3, 0.4) is 0 Å². The summed E-state index contributed by atoms with van der Waals surface area (Å²) in [5, 5.41) is 4.65. The summed E-state index contributed by atoms with van der Waals surface area (Å²) in [4.78, 5) is 26.9. The Labute approximate surface area is 178 Å². The van der Waals surface area contributed by atoms with Crippen LogP contribution < -0.4 is 10.5 Å². The van der Waals surface area contributed by atoms with E-state index in [4.69, 9.17) is 26.8 Å².